The number of rotatable bonds is 4. The monoisotopic (exact) mass is 402 g/mol. The first-order chi connectivity index (χ1) is 13.1. The molecule has 0 unspecified atom stereocenters. The van der Waals surface area contributed by atoms with Gasteiger partial charge in [0.25, 0.3) is 0 Å². The summed E-state index contributed by atoms with van der Waals surface area (Å²) in [7, 11) is -2.90. The molecule has 4 heterocycles. The number of ether oxygens (including phenoxy) is 2. The summed E-state index contributed by atoms with van der Waals surface area (Å²) >= 11 is 1.63. The molecule has 2 aliphatic rings. The van der Waals surface area contributed by atoms with Gasteiger partial charge in [-0.1, -0.05) is 0 Å². The first kappa shape index (κ1) is 17.0. The van der Waals surface area contributed by atoms with Gasteiger partial charge in [-0.25, -0.2) is 13.4 Å². The minimum absolute atomic E-state index is 0.00206. The topological polar surface area (TPSA) is 77.5 Å². The van der Waals surface area contributed by atoms with E-state index in [1.54, 1.807) is 11.3 Å². The van der Waals surface area contributed by atoms with Crippen molar-refractivity contribution in [2.75, 3.05) is 18.3 Å². The van der Waals surface area contributed by atoms with Crippen LogP contribution in [0.3, 0.4) is 0 Å². The molecule has 1 fully saturated rings. The average Bonchev–Trinajstić information content (AvgIpc) is 3.38. The van der Waals surface area contributed by atoms with Gasteiger partial charge >= 0.3 is 0 Å². The maximum Gasteiger partial charge on any atom is 0.231 e. The van der Waals surface area contributed by atoms with Crippen molar-refractivity contribution < 1.29 is 17.9 Å². The molecule has 1 N–H and O–H groups in total. The summed E-state index contributed by atoms with van der Waals surface area (Å²) in [4.78, 5) is 4.88. The molecule has 0 bridgehead atoms. The highest BCUT2D eigenvalue weighted by Crippen LogP contribution is 2.37. The second-order valence-electron chi connectivity index (χ2n) is 6.89. The maximum absolute atomic E-state index is 11.7. The zero-order valence-corrected chi connectivity index (χ0v) is 16.1. The van der Waals surface area contributed by atoms with E-state index in [1.807, 2.05) is 17.5 Å². The summed E-state index contributed by atoms with van der Waals surface area (Å²) in [6, 6.07) is 8.01. The quantitative estimate of drug-likeness (QED) is 0.723. The highest BCUT2D eigenvalue weighted by atomic mass is 32.2. The number of benzene rings is 1. The van der Waals surface area contributed by atoms with Gasteiger partial charge < -0.3 is 14.8 Å². The van der Waals surface area contributed by atoms with Gasteiger partial charge in [0.15, 0.2) is 21.3 Å². The number of thiophene rings is 1. The Hall–Kier alpha value is -2.16. The first-order valence-corrected chi connectivity index (χ1v) is 11.5. The molecule has 0 saturated carbocycles. The van der Waals surface area contributed by atoms with E-state index in [9.17, 15) is 8.42 Å². The van der Waals surface area contributed by atoms with Crippen LogP contribution < -0.4 is 14.8 Å². The second kappa shape index (κ2) is 6.47. The normalized spacial score (nSPS) is 20.4. The van der Waals surface area contributed by atoms with Gasteiger partial charge in [0.1, 0.15) is 0 Å². The molecule has 2 aromatic heterocycles. The molecule has 6 nitrogen and oxygen atoms in total. The van der Waals surface area contributed by atoms with Crippen LogP contribution in [0.4, 0.5) is 0 Å². The van der Waals surface area contributed by atoms with E-state index in [0.717, 1.165) is 33.5 Å². The summed E-state index contributed by atoms with van der Waals surface area (Å²) in [6.07, 6.45) is 0.663. The molecular weight excluding hydrogens is 384 g/mol. The van der Waals surface area contributed by atoms with Gasteiger partial charge in [-0.2, -0.15) is 11.3 Å². The molecule has 5 rings (SSSR count). The predicted octanol–water partition coefficient (Wildman–Crippen LogP) is 2.97. The van der Waals surface area contributed by atoms with Crippen molar-refractivity contribution in [1.82, 2.24) is 10.3 Å². The average molecular weight is 402 g/mol. The second-order valence-corrected chi connectivity index (χ2v) is 9.90. The van der Waals surface area contributed by atoms with Crippen LogP contribution >= 0.6 is 11.3 Å². The minimum atomic E-state index is -2.90. The van der Waals surface area contributed by atoms with Crippen molar-refractivity contribution in [3.05, 3.63) is 40.6 Å². The van der Waals surface area contributed by atoms with Crippen molar-refractivity contribution in [3.63, 3.8) is 0 Å². The van der Waals surface area contributed by atoms with Crippen molar-refractivity contribution in [2.45, 2.75) is 19.0 Å². The lowest BCUT2D eigenvalue weighted by Crippen LogP contribution is -2.29. The molecule has 1 saturated heterocycles. The lowest BCUT2D eigenvalue weighted by Gasteiger charge is -2.14. The largest absolute Gasteiger partial charge is 0.454 e. The molecule has 3 aromatic rings. The van der Waals surface area contributed by atoms with E-state index < -0.39 is 9.84 Å². The first-order valence-electron chi connectivity index (χ1n) is 8.77. The minimum Gasteiger partial charge on any atom is -0.454 e. The molecule has 140 valence electrons. The number of fused-ring (bicyclic) bond motifs is 2. The molecule has 0 aliphatic carbocycles. The molecule has 27 heavy (non-hydrogen) atoms. The molecule has 0 radical (unpaired) electrons. The zero-order valence-electron chi connectivity index (χ0n) is 14.5. The fraction of sp³-hybridized carbons (Fsp3) is 0.316. The van der Waals surface area contributed by atoms with Crippen molar-refractivity contribution in [3.8, 4) is 22.8 Å². The number of nitrogens with one attached hydrogen (secondary N) is 1. The third-order valence-electron chi connectivity index (χ3n) is 5.00. The van der Waals surface area contributed by atoms with Crippen molar-refractivity contribution >= 4 is 32.1 Å². The number of sulfone groups is 1. The fourth-order valence-electron chi connectivity index (χ4n) is 3.60. The van der Waals surface area contributed by atoms with Gasteiger partial charge in [-0.05, 0) is 35.6 Å². The van der Waals surface area contributed by atoms with E-state index in [4.69, 9.17) is 14.5 Å². The Labute approximate surface area is 161 Å². The summed E-state index contributed by atoms with van der Waals surface area (Å²) in [5.41, 5.74) is 3.88. The van der Waals surface area contributed by atoms with Crippen molar-refractivity contribution in [1.29, 1.82) is 0 Å². The SMILES string of the molecule is O=S1(=O)CC[C@H](NCc2cc3cc4c(cc3nc2-c2ccsc2)OCO4)C1. The van der Waals surface area contributed by atoms with E-state index in [-0.39, 0.29) is 24.3 Å². The van der Waals surface area contributed by atoms with Gasteiger partial charge in [-0.15, -0.1) is 0 Å². The maximum atomic E-state index is 11.7. The standard InChI is InChI=1S/C19H18N2O4S2/c22-27(23)4-2-15(10-27)20-8-14-5-13-6-17-18(25-11-24-17)7-16(13)21-19(14)12-1-3-26-9-12/h1,3,5-7,9,15,20H,2,4,8,10-11H2/t15-/m0/s1. The Morgan fingerprint density at radius 1 is 1.22 bits per heavy atom. The molecule has 1 atom stereocenters. The Balaban J connectivity index is 1.52. The zero-order chi connectivity index (χ0) is 18.4. The number of pyridine rings is 1. The molecule has 8 heteroatoms. The van der Waals surface area contributed by atoms with Crippen LogP contribution in [0.2, 0.25) is 0 Å². The lowest BCUT2D eigenvalue weighted by atomic mass is 10.0. The summed E-state index contributed by atoms with van der Waals surface area (Å²) in [6.45, 7) is 0.802. The Morgan fingerprint density at radius 3 is 2.81 bits per heavy atom. The van der Waals surface area contributed by atoms with Gasteiger partial charge in [0.05, 0.1) is 22.7 Å². The van der Waals surface area contributed by atoms with Crippen LogP contribution in [-0.2, 0) is 16.4 Å². The lowest BCUT2D eigenvalue weighted by molar-refractivity contribution is 0.174. The highest BCUT2D eigenvalue weighted by molar-refractivity contribution is 7.91. The molecular formula is C19H18N2O4S2. The van der Waals surface area contributed by atoms with Crippen LogP contribution in [0.5, 0.6) is 11.5 Å². The van der Waals surface area contributed by atoms with Gasteiger partial charge in [-0.3, -0.25) is 0 Å². The van der Waals surface area contributed by atoms with E-state index in [1.165, 1.54) is 0 Å². The summed E-state index contributed by atoms with van der Waals surface area (Å²) < 4.78 is 34.4. The smallest absolute Gasteiger partial charge is 0.231 e. The van der Waals surface area contributed by atoms with Crippen LogP contribution in [0, 0.1) is 0 Å². The van der Waals surface area contributed by atoms with E-state index >= 15 is 0 Å². The molecule has 2 aliphatic heterocycles. The molecule has 1 aromatic carbocycles. The van der Waals surface area contributed by atoms with Gasteiger partial charge in [0.2, 0.25) is 6.79 Å². The van der Waals surface area contributed by atoms with Gasteiger partial charge in [0, 0.05) is 35.0 Å². The van der Waals surface area contributed by atoms with Crippen molar-refractivity contribution in [2.24, 2.45) is 0 Å². The Kier molecular flexibility index (Phi) is 4.07. The summed E-state index contributed by atoms with van der Waals surface area (Å²) in [5, 5.41) is 8.49. The van der Waals surface area contributed by atoms with E-state index in [2.05, 4.69) is 22.8 Å². The Bertz CT molecular complexity index is 1110. The molecule has 0 spiro atoms. The Morgan fingerprint density at radius 2 is 2.07 bits per heavy atom. The van der Waals surface area contributed by atoms with Crippen LogP contribution in [0.1, 0.15) is 12.0 Å². The van der Waals surface area contributed by atoms with Crippen LogP contribution in [0.25, 0.3) is 22.2 Å². The van der Waals surface area contributed by atoms with Crippen LogP contribution in [-0.4, -0.2) is 37.7 Å². The third-order valence-corrected chi connectivity index (χ3v) is 7.45. The number of hydrogen-bond donors (Lipinski definition) is 1. The predicted molar refractivity (Wildman–Crippen MR) is 105 cm³/mol. The molecule has 0 amide bonds. The summed E-state index contributed by atoms with van der Waals surface area (Å²) in [5.74, 6) is 1.92. The number of aromatic nitrogens is 1. The number of nitrogens with zero attached hydrogens (tertiary/aromatic N) is 1. The third kappa shape index (κ3) is 3.28. The number of hydrogen-bond acceptors (Lipinski definition) is 7. The van der Waals surface area contributed by atoms with E-state index in [0.29, 0.717) is 18.7 Å². The highest BCUT2D eigenvalue weighted by Gasteiger charge is 2.27. The van der Waals surface area contributed by atoms with Crippen LogP contribution in [0.15, 0.2) is 35.0 Å². The fourth-order valence-corrected chi connectivity index (χ4v) is 5.95.